The number of carbonyl (C=O) groups is 3. The van der Waals surface area contributed by atoms with E-state index >= 15 is 0 Å². The van der Waals surface area contributed by atoms with Crippen molar-refractivity contribution >= 4 is 23.9 Å². The fourth-order valence-corrected chi connectivity index (χ4v) is 14.2. The van der Waals surface area contributed by atoms with Gasteiger partial charge >= 0.3 is 12.1 Å². The van der Waals surface area contributed by atoms with Crippen molar-refractivity contribution in [1.29, 1.82) is 0 Å². The Bertz CT molecular complexity index is 1960. The fourth-order valence-electron chi connectivity index (χ4n) is 14.2. The first-order valence-corrected chi connectivity index (χ1v) is 23.3. The van der Waals surface area contributed by atoms with E-state index in [1.54, 1.807) is 18.2 Å². The van der Waals surface area contributed by atoms with Crippen LogP contribution in [0.4, 0.5) is 4.79 Å². The highest BCUT2D eigenvalue weighted by Gasteiger charge is 2.69. The molecule has 6 aliphatic carbocycles. The zero-order valence-electron chi connectivity index (χ0n) is 40.0. The summed E-state index contributed by atoms with van der Waals surface area (Å²) < 4.78 is 5.16. The third-order valence-corrected chi connectivity index (χ3v) is 17.9. The van der Waals surface area contributed by atoms with E-state index in [0.717, 1.165) is 36.0 Å². The van der Waals surface area contributed by atoms with Crippen molar-refractivity contribution in [2.24, 2.45) is 56.7 Å². The molecule has 10 atom stereocenters. The molecule has 63 heavy (non-hydrogen) atoms. The lowest BCUT2D eigenvalue weighted by Gasteiger charge is -2.72. The monoisotopic (exact) mass is 859 g/mol. The maximum atomic E-state index is 11.7. The van der Waals surface area contributed by atoms with Gasteiger partial charge in [-0.2, -0.15) is 0 Å². The predicted octanol–water partition coefficient (Wildman–Crippen LogP) is 12.4. The number of carboxylic acid groups (broad SMARTS) is 1. The van der Waals surface area contributed by atoms with Crippen molar-refractivity contribution in [2.45, 2.75) is 144 Å². The molecule has 8 rings (SSSR count). The van der Waals surface area contributed by atoms with Gasteiger partial charge in [-0.3, -0.25) is 0 Å². The summed E-state index contributed by atoms with van der Waals surface area (Å²) in [6, 6.07) is 17.2. The van der Waals surface area contributed by atoms with E-state index in [1.807, 2.05) is 63.2 Å². The van der Waals surface area contributed by atoms with Gasteiger partial charge in [-0.1, -0.05) is 110 Å². The molecular weight excluding hydrogens is 781 g/mol. The van der Waals surface area contributed by atoms with Crippen molar-refractivity contribution in [2.75, 3.05) is 7.05 Å². The van der Waals surface area contributed by atoms with E-state index in [9.17, 15) is 19.5 Å². The summed E-state index contributed by atoms with van der Waals surface area (Å²) in [5, 5.41) is 16.1. The van der Waals surface area contributed by atoms with Gasteiger partial charge in [-0.05, 0) is 158 Å². The van der Waals surface area contributed by atoms with Crippen LogP contribution in [0.3, 0.4) is 0 Å². The minimum Gasteiger partial charge on any atom is -0.478 e. The highest BCUT2D eigenvalue weighted by atomic mass is 16.5. The first-order valence-electron chi connectivity index (χ1n) is 23.3. The summed E-state index contributed by atoms with van der Waals surface area (Å²) in [6.45, 7) is 22.5. The molecule has 5 fully saturated rings. The van der Waals surface area contributed by atoms with Crippen molar-refractivity contribution in [3.8, 4) is 25.7 Å². The molecule has 0 aliphatic heterocycles. The van der Waals surface area contributed by atoms with Gasteiger partial charge in [-0.25, -0.2) is 9.59 Å². The maximum absolute atomic E-state index is 11.7. The van der Waals surface area contributed by atoms with E-state index < -0.39 is 12.1 Å². The molecule has 0 heterocycles. The minimum atomic E-state index is -0.848. The lowest BCUT2D eigenvalue weighted by atomic mass is 9.33. The molecule has 0 radical (unpaired) electrons. The molecule has 7 heteroatoms. The Morgan fingerprint density at radius 3 is 2.03 bits per heavy atom. The molecule has 2 aromatic carbocycles. The van der Waals surface area contributed by atoms with E-state index in [-0.39, 0.29) is 29.4 Å². The third kappa shape index (κ3) is 9.34. The Kier molecular flexibility index (Phi) is 16.6. The van der Waals surface area contributed by atoms with Crippen molar-refractivity contribution in [3.05, 3.63) is 90.0 Å². The summed E-state index contributed by atoms with van der Waals surface area (Å²) in [6.07, 6.45) is 35.2. The van der Waals surface area contributed by atoms with Crippen LogP contribution in [0.5, 0.6) is 0 Å². The molecule has 3 unspecified atom stereocenters. The minimum absolute atomic E-state index is 0.00553. The van der Waals surface area contributed by atoms with Gasteiger partial charge in [0.1, 0.15) is 12.9 Å². The smallest absolute Gasteiger partial charge is 0.407 e. The van der Waals surface area contributed by atoms with Crippen molar-refractivity contribution in [3.63, 3.8) is 0 Å². The van der Waals surface area contributed by atoms with Gasteiger partial charge in [0, 0.05) is 17.5 Å². The van der Waals surface area contributed by atoms with Crippen LogP contribution in [0.1, 0.15) is 148 Å². The van der Waals surface area contributed by atoms with Crippen LogP contribution in [0.25, 0.3) is 5.57 Å². The number of allylic oxidation sites excluding steroid dienone is 3. The molecule has 0 saturated heterocycles. The van der Waals surface area contributed by atoms with Gasteiger partial charge in [0.15, 0.2) is 0 Å². The van der Waals surface area contributed by atoms with Crippen molar-refractivity contribution in [1.82, 2.24) is 10.6 Å². The molecule has 5 saturated carbocycles. The van der Waals surface area contributed by atoms with Crippen LogP contribution in [-0.4, -0.2) is 42.1 Å². The van der Waals surface area contributed by atoms with Crippen LogP contribution >= 0.6 is 0 Å². The Hall–Kier alpha value is -4.59. The number of aldehydes is 1. The number of hydrogen-bond acceptors (Lipinski definition) is 5. The highest BCUT2D eigenvalue weighted by molar-refractivity contribution is 5.88. The summed E-state index contributed by atoms with van der Waals surface area (Å²) in [5.74, 6) is 2.33. The molecule has 2 aromatic rings. The number of carboxylic acids is 1. The van der Waals surface area contributed by atoms with E-state index in [4.69, 9.17) is 4.74 Å². The summed E-state index contributed by atoms with van der Waals surface area (Å²) in [5.41, 5.74) is 5.44. The Morgan fingerprint density at radius 2 is 1.46 bits per heavy atom. The first-order chi connectivity index (χ1) is 29.9. The number of amides is 1. The van der Waals surface area contributed by atoms with Crippen LogP contribution in [0.2, 0.25) is 0 Å². The molecule has 0 aromatic heterocycles. The second-order valence-corrected chi connectivity index (χ2v) is 21.0. The lowest BCUT2D eigenvalue weighted by Crippen LogP contribution is -2.67. The molecule has 0 spiro atoms. The quantitative estimate of drug-likeness (QED) is 0.146. The molecule has 7 nitrogen and oxygen atoms in total. The van der Waals surface area contributed by atoms with E-state index in [1.165, 1.54) is 68.9 Å². The van der Waals surface area contributed by atoms with E-state index in [0.29, 0.717) is 39.7 Å². The van der Waals surface area contributed by atoms with Crippen LogP contribution in [0.15, 0.2) is 73.3 Å². The first kappa shape index (κ1) is 51.0. The summed E-state index contributed by atoms with van der Waals surface area (Å²) >= 11 is 0. The zero-order chi connectivity index (χ0) is 47.0. The number of ether oxygens (including phenoxy) is 1. The number of fused-ring (bicyclic) bond motifs is 7. The molecule has 342 valence electrons. The highest BCUT2D eigenvalue weighted by Crippen LogP contribution is 2.76. The number of alkyl carbamates (subject to hydrolysis) is 1. The summed E-state index contributed by atoms with van der Waals surface area (Å²) in [4.78, 5) is 33.9. The number of rotatable bonds is 7. The normalized spacial score (nSPS) is 34.7. The van der Waals surface area contributed by atoms with E-state index in [2.05, 4.69) is 90.6 Å². The average Bonchev–Trinajstić information content (AvgIpc) is 3.71. The standard InChI is InChI=1S/C34H49NO2.C15H19NO3.C3H6.2C2H2/c1-30(2)24(22-9-11-23(12-10-22)29(36)37)15-18-31(3)27(30)16-19-33(5)28(31)14-13-25-26-8-7-17-34(26,35-6)21-20-32(25,33)4;1-15(2)12(9-17)8-13(15)16-14(18)19-10-11-6-4-3-5-7-11;1-3-2;2*1-2/h9-12,15,25-28,35H,7-8,13-14,16-21H2,1-6H3,(H,36,37);3-7,9,12-13H,8,10H2,1-2H3,(H,16,18);3H,1H2,2H3;2*1-2H/t25-,26?,27?,28?,31+,32-,33-,34+;12-,13-;;;/m10.../s1. The number of terminal acetylenes is 2. The van der Waals surface area contributed by atoms with Crippen LogP contribution in [-0.2, 0) is 16.1 Å². The van der Waals surface area contributed by atoms with Gasteiger partial charge < -0.3 is 25.3 Å². The number of aromatic carboxylic acids is 1. The molecular formula is C56H78N2O5. The van der Waals surface area contributed by atoms with Crippen LogP contribution in [0, 0.1) is 82.4 Å². The van der Waals surface area contributed by atoms with Gasteiger partial charge in [0.2, 0.25) is 0 Å². The number of benzene rings is 2. The fraction of sp³-hybridized carbons (Fsp3) is 0.589. The Balaban J connectivity index is 0.000000282. The van der Waals surface area contributed by atoms with Crippen molar-refractivity contribution < 1.29 is 24.2 Å². The second kappa shape index (κ2) is 20.5. The SMILES string of the molecule is C#C.C#C.C=CC.CC1(C)[C@H](C=O)C[C@@H]1NC(=O)OCc1ccccc1.CN[C@]12CCCC1[C@H]1CCC3[C@@]4(C)CC=C(c5ccc(C(=O)O)cc5)C(C)(C)C4CC[C@@]3(C)[C@]1(C)CC2. The Morgan fingerprint density at radius 1 is 0.825 bits per heavy atom. The van der Waals surface area contributed by atoms with Crippen LogP contribution < -0.4 is 10.6 Å². The second-order valence-electron chi connectivity index (χ2n) is 21.0. The Labute approximate surface area is 381 Å². The van der Waals surface area contributed by atoms with Gasteiger partial charge in [-0.15, -0.1) is 32.3 Å². The number of nitrogens with one attached hydrogen (secondary N) is 2. The molecule has 1 amide bonds. The van der Waals surface area contributed by atoms with Gasteiger partial charge in [0.25, 0.3) is 0 Å². The molecule has 0 bridgehead atoms. The third-order valence-electron chi connectivity index (χ3n) is 17.9. The summed E-state index contributed by atoms with van der Waals surface area (Å²) in [7, 11) is 2.24. The van der Waals surface area contributed by atoms with Gasteiger partial charge in [0.05, 0.1) is 5.56 Å². The molecule has 3 N–H and O–H groups in total. The predicted molar refractivity (Wildman–Crippen MR) is 259 cm³/mol. The molecule has 6 aliphatic rings. The largest absolute Gasteiger partial charge is 0.478 e. The number of carbonyl (C=O) groups excluding carboxylic acids is 2. The maximum Gasteiger partial charge on any atom is 0.407 e. The average molecular weight is 859 g/mol. The topological polar surface area (TPSA) is 105 Å². The lowest BCUT2D eigenvalue weighted by molar-refractivity contribution is -0.216. The number of hydrogen-bond donors (Lipinski definition) is 3. The zero-order valence-corrected chi connectivity index (χ0v) is 40.0.